The predicted molar refractivity (Wildman–Crippen MR) is 74.0 cm³/mol. The van der Waals surface area contributed by atoms with Gasteiger partial charge in [0.15, 0.2) is 5.82 Å². The molecule has 0 amide bonds. The molecule has 2 aromatic heterocycles. The summed E-state index contributed by atoms with van der Waals surface area (Å²) in [6, 6.07) is 5.92. The molecule has 0 aliphatic heterocycles. The fraction of sp³-hybridized carbons (Fsp3) is 0.286. The molecule has 3 rings (SSSR count). The Morgan fingerprint density at radius 2 is 2.24 bits per heavy atom. The van der Waals surface area contributed by atoms with Crippen molar-refractivity contribution in [1.29, 1.82) is 0 Å². The maximum atomic E-state index is 5.28. The van der Waals surface area contributed by atoms with E-state index in [1.807, 2.05) is 25.1 Å². The lowest BCUT2D eigenvalue weighted by atomic mass is 10.1. The summed E-state index contributed by atoms with van der Waals surface area (Å²) < 4.78 is 12.1. The van der Waals surface area contributed by atoms with Gasteiger partial charge in [-0.3, -0.25) is 0 Å². The summed E-state index contributed by atoms with van der Waals surface area (Å²) in [5.74, 6) is 2.01. The zero-order valence-electron chi connectivity index (χ0n) is 11.9. The minimum atomic E-state index is 0.449. The van der Waals surface area contributed by atoms with Crippen LogP contribution in [-0.2, 0) is 13.0 Å². The van der Waals surface area contributed by atoms with Crippen LogP contribution in [0.1, 0.15) is 22.8 Å². The Hall–Kier alpha value is -2.70. The van der Waals surface area contributed by atoms with Crippen LogP contribution in [0.5, 0.6) is 5.75 Å². The van der Waals surface area contributed by atoms with Gasteiger partial charge in [0.05, 0.1) is 19.7 Å². The first-order valence-electron chi connectivity index (χ1n) is 6.53. The van der Waals surface area contributed by atoms with Crippen molar-refractivity contribution in [2.24, 2.45) is 0 Å². The number of hydrogen-bond donors (Lipinski definition) is 0. The Morgan fingerprint density at radius 3 is 2.95 bits per heavy atom. The summed E-state index contributed by atoms with van der Waals surface area (Å²) in [5, 5.41) is 11.6. The highest BCUT2D eigenvalue weighted by atomic mass is 16.5. The molecule has 1 aromatic carbocycles. The zero-order chi connectivity index (χ0) is 14.7. The second-order valence-electron chi connectivity index (χ2n) is 4.67. The van der Waals surface area contributed by atoms with Crippen molar-refractivity contribution in [3.8, 4) is 5.75 Å². The number of benzene rings is 1. The molecule has 0 bridgehead atoms. The SMILES string of the molecule is COc1ccc(Cc2nc(Cn3ccnn3)no2)c(C)c1. The van der Waals surface area contributed by atoms with E-state index in [1.54, 1.807) is 24.2 Å². The second-order valence-corrected chi connectivity index (χ2v) is 4.67. The summed E-state index contributed by atoms with van der Waals surface area (Å²) in [6.45, 7) is 2.48. The number of ether oxygens (including phenoxy) is 1. The molecular weight excluding hydrogens is 270 g/mol. The average Bonchev–Trinajstić information content (AvgIpc) is 3.14. The summed E-state index contributed by atoms with van der Waals surface area (Å²) in [7, 11) is 1.66. The number of methoxy groups -OCH3 is 1. The van der Waals surface area contributed by atoms with E-state index in [0.29, 0.717) is 24.7 Å². The monoisotopic (exact) mass is 285 g/mol. The van der Waals surface area contributed by atoms with Crippen LogP contribution in [0.15, 0.2) is 35.1 Å². The van der Waals surface area contributed by atoms with Crippen LogP contribution >= 0.6 is 0 Å². The standard InChI is InChI=1S/C14H15N5O2/c1-10-7-12(20-2)4-3-11(10)8-14-16-13(17-21-14)9-19-6-5-15-18-19/h3-7H,8-9H2,1-2H3. The molecule has 0 atom stereocenters. The van der Waals surface area contributed by atoms with E-state index in [9.17, 15) is 0 Å². The largest absolute Gasteiger partial charge is 0.497 e. The third kappa shape index (κ3) is 3.07. The number of aromatic nitrogens is 5. The van der Waals surface area contributed by atoms with Gasteiger partial charge in [-0.25, -0.2) is 4.68 Å². The average molecular weight is 285 g/mol. The third-order valence-electron chi connectivity index (χ3n) is 3.18. The van der Waals surface area contributed by atoms with Crippen molar-refractivity contribution in [3.05, 3.63) is 53.4 Å². The molecule has 0 N–H and O–H groups in total. The molecule has 3 aromatic rings. The lowest BCUT2D eigenvalue weighted by Gasteiger charge is -2.05. The van der Waals surface area contributed by atoms with Crippen molar-refractivity contribution in [3.63, 3.8) is 0 Å². The summed E-state index contributed by atoms with van der Waals surface area (Å²) >= 11 is 0. The Balaban J connectivity index is 1.72. The third-order valence-corrected chi connectivity index (χ3v) is 3.18. The highest BCUT2D eigenvalue weighted by molar-refractivity contribution is 5.35. The van der Waals surface area contributed by atoms with Gasteiger partial charge in [0, 0.05) is 6.20 Å². The zero-order valence-corrected chi connectivity index (χ0v) is 11.9. The van der Waals surface area contributed by atoms with Crippen LogP contribution in [0.3, 0.4) is 0 Å². The van der Waals surface area contributed by atoms with E-state index in [2.05, 4.69) is 20.5 Å². The van der Waals surface area contributed by atoms with E-state index >= 15 is 0 Å². The fourth-order valence-corrected chi connectivity index (χ4v) is 2.04. The van der Waals surface area contributed by atoms with Gasteiger partial charge in [-0.15, -0.1) is 5.10 Å². The number of nitrogens with zero attached hydrogens (tertiary/aromatic N) is 5. The maximum Gasteiger partial charge on any atom is 0.231 e. The van der Waals surface area contributed by atoms with Crippen molar-refractivity contribution >= 4 is 0 Å². The quantitative estimate of drug-likeness (QED) is 0.708. The molecule has 21 heavy (non-hydrogen) atoms. The molecule has 0 radical (unpaired) electrons. The summed E-state index contributed by atoms with van der Waals surface area (Å²) in [4.78, 5) is 4.37. The first kappa shape index (κ1) is 13.3. The molecule has 7 nitrogen and oxygen atoms in total. The minimum absolute atomic E-state index is 0.449. The van der Waals surface area contributed by atoms with E-state index in [0.717, 1.165) is 16.9 Å². The van der Waals surface area contributed by atoms with Gasteiger partial charge in [0.25, 0.3) is 0 Å². The second kappa shape index (κ2) is 5.74. The van der Waals surface area contributed by atoms with Gasteiger partial charge in [0.1, 0.15) is 12.3 Å². The van der Waals surface area contributed by atoms with Gasteiger partial charge in [0.2, 0.25) is 5.89 Å². The van der Waals surface area contributed by atoms with Gasteiger partial charge < -0.3 is 9.26 Å². The summed E-state index contributed by atoms with van der Waals surface area (Å²) in [5.41, 5.74) is 2.26. The normalized spacial score (nSPS) is 10.8. The van der Waals surface area contributed by atoms with Gasteiger partial charge in [-0.2, -0.15) is 4.98 Å². The highest BCUT2D eigenvalue weighted by Gasteiger charge is 2.10. The molecule has 0 saturated carbocycles. The topological polar surface area (TPSA) is 78.9 Å². The fourth-order valence-electron chi connectivity index (χ4n) is 2.04. The molecule has 0 aliphatic rings. The lowest BCUT2D eigenvalue weighted by Crippen LogP contribution is -2.02. The molecule has 2 heterocycles. The molecule has 0 unspecified atom stereocenters. The van der Waals surface area contributed by atoms with E-state index in [-0.39, 0.29) is 0 Å². The molecule has 0 spiro atoms. The number of aryl methyl sites for hydroxylation is 1. The van der Waals surface area contributed by atoms with E-state index < -0.39 is 0 Å². The smallest absolute Gasteiger partial charge is 0.231 e. The molecule has 7 heteroatoms. The minimum Gasteiger partial charge on any atom is -0.497 e. The first-order chi connectivity index (χ1) is 10.2. The van der Waals surface area contributed by atoms with E-state index in [1.165, 1.54) is 0 Å². The van der Waals surface area contributed by atoms with Crippen LogP contribution in [0.2, 0.25) is 0 Å². The van der Waals surface area contributed by atoms with Crippen LogP contribution in [0.25, 0.3) is 0 Å². The predicted octanol–water partition coefficient (Wildman–Crippen LogP) is 1.62. The first-order valence-corrected chi connectivity index (χ1v) is 6.53. The Bertz CT molecular complexity index is 721. The molecule has 0 aliphatic carbocycles. The highest BCUT2D eigenvalue weighted by Crippen LogP contribution is 2.19. The molecule has 0 fully saturated rings. The Kier molecular flexibility index (Phi) is 3.63. The summed E-state index contributed by atoms with van der Waals surface area (Å²) in [6.07, 6.45) is 3.96. The van der Waals surface area contributed by atoms with E-state index in [4.69, 9.17) is 9.26 Å². The van der Waals surface area contributed by atoms with Crippen LogP contribution in [0.4, 0.5) is 0 Å². The van der Waals surface area contributed by atoms with Crippen molar-refractivity contribution < 1.29 is 9.26 Å². The van der Waals surface area contributed by atoms with Crippen LogP contribution < -0.4 is 4.74 Å². The number of hydrogen-bond acceptors (Lipinski definition) is 6. The Morgan fingerprint density at radius 1 is 1.33 bits per heavy atom. The van der Waals surface area contributed by atoms with Crippen molar-refractivity contribution in [1.82, 2.24) is 25.1 Å². The maximum absolute atomic E-state index is 5.28. The lowest BCUT2D eigenvalue weighted by molar-refractivity contribution is 0.377. The van der Waals surface area contributed by atoms with Crippen LogP contribution in [0, 0.1) is 6.92 Å². The van der Waals surface area contributed by atoms with Crippen molar-refractivity contribution in [2.75, 3.05) is 7.11 Å². The van der Waals surface area contributed by atoms with Crippen molar-refractivity contribution in [2.45, 2.75) is 19.9 Å². The van der Waals surface area contributed by atoms with Gasteiger partial charge in [-0.1, -0.05) is 16.4 Å². The molecule has 0 saturated heterocycles. The number of rotatable bonds is 5. The van der Waals surface area contributed by atoms with Gasteiger partial charge >= 0.3 is 0 Å². The Labute approximate surface area is 121 Å². The van der Waals surface area contributed by atoms with Crippen LogP contribution in [-0.4, -0.2) is 32.2 Å². The molecular formula is C14H15N5O2. The molecule has 108 valence electrons. The van der Waals surface area contributed by atoms with Gasteiger partial charge in [-0.05, 0) is 30.2 Å².